The van der Waals surface area contributed by atoms with E-state index in [9.17, 15) is 8.42 Å². The highest BCUT2D eigenvalue weighted by Crippen LogP contribution is 2.32. The van der Waals surface area contributed by atoms with E-state index in [1.54, 1.807) is 30.3 Å². The van der Waals surface area contributed by atoms with Gasteiger partial charge >= 0.3 is 0 Å². The van der Waals surface area contributed by atoms with Gasteiger partial charge in [0.05, 0.1) is 4.90 Å². The number of benzene rings is 1. The molecule has 0 saturated carbocycles. The van der Waals surface area contributed by atoms with Crippen molar-refractivity contribution in [3.8, 4) is 0 Å². The fourth-order valence-corrected chi connectivity index (χ4v) is 4.64. The summed E-state index contributed by atoms with van der Waals surface area (Å²) in [5.74, 6) is 6.02. The highest BCUT2D eigenvalue weighted by Gasteiger charge is 2.42. The van der Waals surface area contributed by atoms with Gasteiger partial charge in [-0.25, -0.2) is 8.42 Å². The minimum Gasteiger partial charge on any atom is -0.307 e. The minimum absolute atomic E-state index is 0.157. The smallest absolute Gasteiger partial charge is 0.255 e. The maximum Gasteiger partial charge on any atom is 0.255 e. The van der Waals surface area contributed by atoms with Gasteiger partial charge in [-0.1, -0.05) is 18.2 Å². The fourth-order valence-electron chi connectivity index (χ4n) is 3.36. The zero-order valence-electron chi connectivity index (χ0n) is 13.1. The van der Waals surface area contributed by atoms with Crippen LogP contribution in [-0.2, 0) is 10.0 Å². The number of piperidine rings is 1. The summed E-state index contributed by atoms with van der Waals surface area (Å²) in [5.41, 5.74) is -0.313. The van der Waals surface area contributed by atoms with Crippen LogP contribution in [0.15, 0.2) is 35.2 Å². The average Bonchev–Trinajstić information content (AvgIpc) is 2.35. The van der Waals surface area contributed by atoms with Gasteiger partial charge in [-0.05, 0) is 52.7 Å². The summed E-state index contributed by atoms with van der Waals surface area (Å²) in [6.45, 7) is 8.29. The maximum atomic E-state index is 12.6. The normalized spacial score (nSPS) is 22.4. The Kier molecular flexibility index (Phi) is 4.19. The monoisotopic (exact) mass is 311 g/mol. The van der Waals surface area contributed by atoms with Crippen LogP contribution in [0.2, 0.25) is 0 Å². The lowest BCUT2D eigenvalue weighted by Gasteiger charge is -2.48. The van der Waals surface area contributed by atoms with Crippen LogP contribution in [0.5, 0.6) is 0 Å². The van der Waals surface area contributed by atoms with Gasteiger partial charge in [0.25, 0.3) is 10.0 Å². The number of nitrogens with zero attached hydrogens (tertiary/aromatic N) is 1. The van der Waals surface area contributed by atoms with E-state index in [1.807, 2.05) is 0 Å². The third-order valence-electron chi connectivity index (χ3n) is 3.85. The molecular formula is C15H25N3O2S. The number of hydrogen-bond acceptors (Lipinski definition) is 4. The summed E-state index contributed by atoms with van der Waals surface area (Å²) in [4.78, 5) is 0.238. The van der Waals surface area contributed by atoms with Gasteiger partial charge in [0.1, 0.15) is 0 Å². The Morgan fingerprint density at radius 1 is 1.10 bits per heavy atom. The second kappa shape index (κ2) is 5.35. The van der Waals surface area contributed by atoms with Crippen molar-refractivity contribution in [3.05, 3.63) is 30.3 Å². The quantitative estimate of drug-likeness (QED) is 0.660. The maximum absolute atomic E-state index is 12.6. The summed E-state index contributed by atoms with van der Waals surface area (Å²) in [6.07, 6.45) is 1.36. The highest BCUT2D eigenvalue weighted by atomic mass is 32.2. The SMILES string of the molecule is CC1(C)CC(N(N)S(=O)(=O)c2ccccc2)CC(C)(C)N1. The molecule has 0 unspecified atom stereocenters. The Morgan fingerprint density at radius 2 is 1.57 bits per heavy atom. The molecule has 5 nitrogen and oxygen atoms in total. The summed E-state index contributed by atoms with van der Waals surface area (Å²) in [5, 5.41) is 3.53. The van der Waals surface area contributed by atoms with Crippen LogP contribution in [0.4, 0.5) is 0 Å². The van der Waals surface area contributed by atoms with E-state index in [4.69, 9.17) is 5.84 Å². The van der Waals surface area contributed by atoms with E-state index in [1.165, 1.54) is 0 Å². The largest absolute Gasteiger partial charge is 0.307 e. The molecule has 1 aliphatic rings. The lowest BCUT2D eigenvalue weighted by atomic mass is 9.80. The van der Waals surface area contributed by atoms with Crippen molar-refractivity contribution in [1.29, 1.82) is 0 Å². The van der Waals surface area contributed by atoms with Crippen LogP contribution in [0.1, 0.15) is 40.5 Å². The van der Waals surface area contributed by atoms with Gasteiger partial charge in [0, 0.05) is 17.1 Å². The van der Waals surface area contributed by atoms with E-state index in [2.05, 4.69) is 33.0 Å². The third-order valence-corrected chi connectivity index (χ3v) is 5.57. The molecule has 21 heavy (non-hydrogen) atoms. The molecule has 1 aromatic carbocycles. The van der Waals surface area contributed by atoms with Crippen LogP contribution in [0.25, 0.3) is 0 Å². The predicted octanol–water partition coefficient (Wildman–Crippen LogP) is 1.86. The molecule has 3 N–H and O–H groups in total. The van der Waals surface area contributed by atoms with Crippen molar-refractivity contribution in [2.75, 3.05) is 0 Å². The van der Waals surface area contributed by atoms with Gasteiger partial charge in [-0.15, -0.1) is 4.41 Å². The topological polar surface area (TPSA) is 75.4 Å². The molecule has 0 amide bonds. The first kappa shape index (κ1) is 16.4. The van der Waals surface area contributed by atoms with E-state index >= 15 is 0 Å². The first-order valence-electron chi connectivity index (χ1n) is 7.17. The second-order valence-corrected chi connectivity index (χ2v) is 8.95. The zero-order valence-corrected chi connectivity index (χ0v) is 13.9. The first-order valence-corrected chi connectivity index (χ1v) is 8.61. The molecule has 0 spiro atoms. The lowest BCUT2D eigenvalue weighted by Crippen LogP contribution is -2.63. The summed E-state index contributed by atoms with van der Waals surface area (Å²) >= 11 is 0. The fraction of sp³-hybridized carbons (Fsp3) is 0.600. The lowest BCUT2D eigenvalue weighted by molar-refractivity contribution is 0.109. The summed E-state index contributed by atoms with van der Waals surface area (Å²) in [7, 11) is -3.66. The van der Waals surface area contributed by atoms with Crippen LogP contribution in [0, 0.1) is 0 Å². The average molecular weight is 311 g/mol. The van der Waals surface area contributed by atoms with Crippen molar-refractivity contribution in [2.45, 2.75) is 62.6 Å². The van der Waals surface area contributed by atoms with Crippen molar-refractivity contribution >= 4 is 10.0 Å². The van der Waals surface area contributed by atoms with Crippen LogP contribution in [0.3, 0.4) is 0 Å². The Morgan fingerprint density at radius 3 is 2.05 bits per heavy atom. The van der Waals surface area contributed by atoms with Crippen molar-refractivity contribution in [2.24, 2.45) is 5.84 Å². The Labute approximate surface area is 127 Å². The predicted molar refractivity (Wildman–Crippen MR) is 84.0 cm³/mol. The molecule has 1 aromatic rings. The van der Waals surface area contributed by atoms with E-state index in [0.717, 1.165) is 4.41 Å². The second-order valence-electron chi connectivity index (χ2n) is 7.10. The number of rotatable bonds is 3. The molecule has 0 aliphatic carbocycles. The van der Waals surface area contributed by atoms with Crippen molar-refractivity contribution < 1.29 is 8.42 Å². The molecule has 0 bridgehead atoms. The van der Waals surface area contributed by atoms with Gasteiger partial charge < -0.3 is 5.32 Å². The number of hydrogen-bond donors (Lipinski definition) is 2. The summed E-state index contributed by atoms with van der Waals surface area (Å²) in [6, 6.07) is 8.13. The Hall–Kier alpha value is -0.950. The molecule has 1 heterocycles. The minimum atomic E-state index is -3.66. The molecule has 6 heteroatoms. The molecule has 118 valence electrons. The molecular weight excluding hydrogens is 286 g/mol. The highest BCUT2D eigenvalue weighted by molar-refractivity contribution is 7.89. The van der Waals surface area contributed by atoms with Gasteiger partial charge in [-0.3, -0.25) is 5.84 Å². The Bertz CT molecular complexity index is 581. The molecule has 0 radical (unpaired) electrons. The van der Waals surface area contributed by atoms with E-state index in [-0.39, 0.29) is 22.0 Å². The number of nitrogens with one attached hydrogen (secondary N) is 1. The van der Waals surface area contributed by atoms with Gasteiger partial charge in [-0.2, -0.15) is 0 Å². The Balaban J connectivity index is 2.29. The molecule has 1 aliphatic heterocycles. The number of nitrogens with two attached hydrogens (primary N) is 1. The zero-order chi connectivity index (χ0) is 15.9. The van der Waals surface area contributed by atoms with Crippen molar-refractivity contribution in [1.82, 2.24) is 9.73 Å². The van der Waals surface area contributed by atoms with Crippen LogP contribution >= 0.6 is 0 Å². The summed E-state index contributed by atoms with van der Waals surface area (Å²) < 4.78 is 26.3. The number of hydrazine groups is 1. The first-order chi connectivity index (χ1) is 9.54. The van der Waals surface area contributed by atoms with Crippen LogP contribution in [-0.4, -0.2) is 30.0 Å². The number of sulfonamides is 1. The molecule has 1 fully saturated rings. The standard InChI is InChI=1S/C15H25N3O2S/c1-14(2)10-12(11-15(3,4)17-14)18(16)21(19,20)13-8-6-5-7-9-13/h5-9,12,17H,10-11,16H2,1-4H3. The van der Waals surface area contributed by atoms with E-state index in [0.29, 0.717) is 12.8 Å². The third kappa shape index (κ3) is 3.63. The molecule has 2 rings (SSSR count). The molecule has 0 aromatic heterocycles. The van der Waals surface area contributed by atoms with E-state index < -0.39 is 10.0 Å². The molecule has 0 atom stereocenters. The van der Waals surface area contributed by atoms with Crippen LogP contribution < -0.4 is 11.2 Å². The van der Waals surface area contributed by atoms with Gasteiger partial charge in [0.2, 0.25) is 0 Å². The van der Waals surface area contributed by atoms with Crippen molar-refractivity contribution in [3.63, 3.8) is 0 Å². The molecule has 1 saturated heterocycles. The van der Waals surface area contributed by atoms with Gasteiger partial charge in [0.15, 0.2) is 0 Å².